The van der Waals surface area contributed by atoms with Crippen molar-refractivity contribution in [3.8, 4) is 5.75 Å². The van der Waals surface area contributed by atoms with E-state index in [4.69, 9.17) is 10.2 Å². The molecule has 0 spiro atoms. The van der Waals surface area contributed by atoms with Crippen LogP contribution in [-0.4, -0.2) is 26.2 Å². The molecule has 0 saturated heterocycles. The van der Waals surface area contributed by atoms with Gasteiger partial charge in [0.1, 0.15) is 0 Å². The van der Waals surface area contributed by atoms with Crippen LogP contribution in [0.1, 0.15) is 12.5 Å². The standard InChI is InChI=1S/C11H13NO3.W/c1-2-12-10(11(14)15)7-8-3-5-9(13)6-4-8;/h3-6,10,12-13H,7H2,1H3,(H,14,15);. The Morgan fingerprint density at radius 3 is 2.44 bits per heavy atom. The Balaban J connectivity index is 2.71. The van der Waals surface area contributed by atoms with E-state index in [1.807, 2.05) is 6.92 Å². The van der Waals surface area contributed by atoms with Crippen molar-refractivity contribution in [1.29, 1.82) is 0 Å². The fraction of sp³-hybridized carbons (Fsp3) is 0.273. The third kappa shape index (κ3) is 4.25. The molecule has 1 unspecified atom stereocenters. The van der Waals surface area contributed by atoms with Crippen molar-refractivity contribution < 1.29 is 34.4 Å². The minimum atomic E-state index is -0.867. The van der Waals surface area contributed by atoms with Gasteiger partial charge in [-0.15, -0.1) is 0 Å². The van der Waals surface area contributed by atoms with Gasteiger partial charge in [0.2, 0.25) is 0 Å². The predicted molar refractivity (Wildman–Crippen MR) is 57.1 cm³/mol. The van der Waals surface area contributed by atoms with Crippen LogP contribution in [0.4, 0.5) is 0 Å². The monoisotopic (exact) mass is 391 g/mol. The zero-order valence-corrected chi connectivity index (χ0v) is 11.7. The summed E-state index contributed by atoms with van der Waals surface area (Å²) in [5.41, 5.74) is 0.883. The zero-order valence-electron chi connectivity index (χ0n) is 8.80. The Bertz CT molecular complexity index is 389. The topological polar surface area (TPSA) is 69.6 Å². The average molecular weight is 391 g/mol. The summed E-state index contributed by atoms with van der Waals surface area (Å²) in [6.07, 6.45) is 0.403. The summed E-state index contributed by atoms with van der Waals surface area (Å²) in [5.74, 6) is -0.681. The third-order valence-corrected chi connectivity index (χ3v) is 2.48. The Hall–Kier alpha value is -0.992. The molecule has 0 aliphatic rings. The van der Waals surface area contributed by atoms with Crippen molar-refractivity contribution in [2.45, 2.75) is 19.4 Å². The second-order valence-electron chi connectivity index (χ2n) is 3.46. The number of hydrogen-bond acceptors (Lipinski definition) is 3. The fourth-order valence-corrected chi connectivity index (χ4v) is 1.82. The van der Waals surface area contributed by atoms with Crippen molar-refractivity contribution in [2.75, 3.05) is 0 Å². The van der Waals surface area contributed by atoms with Crippen molar-refractivity contribution in [1.82, 2.24) is 5.32 Å². The van der Waals surface area contributed by atoms with E-state index < -0.39 is 12.0 Å². The molecule has 3 N–H and O–H groups in total. The van der Waals surface area contributed by atoms with Gasteiger partial charge < -0.3 is 0 Å². The maximum atomic E-state index is 11.0. The molecule has 0 bridgehead atoms. The van der Waals surface area contributed by atoms with Gasteiger partial charge in [-0.05, 0) is 0 Å². The first-order valence-electron chi connectivity index (χ1n) is 4.77. The summed E-state index contributed by atoms with van der Waals surface area (Å²) in [7, 11) is 0. The molecule has 1 aromatic carbocycles. The van der Waals surface area contributed by atoms with Gasteiger partial charge in [0.15, 0.2) is 0 Å². The van der Waals surface area contributed by atoms with E-state index in [9.17, 15) is 4.79 Å². The number of aromatic hydroxyl groups is 1. The third-order valence-electron chi connectivity index (χ3n) is 2.05. The first kappa shape index (κ1) is 13.1. The molecule has 0 saturated carbocycles. The summed E-state index contributed by atoms with van der Waals surface area (Å²) in [6, 6.07) is 5.96. The molecule has 4 nitrogen and oxygen atoms in total. The number of carbonyl (C=O) groups is 1. The Kier molecular flexibility index (Phi) is 4.84. The molecule has 0 fully saturated rings. The van der Waals surface area contributed by atoms with Gasteiger partial charge >= 0.3 is 105 Å². The van der Waals surface area contributed by atoms with Crippen LogP contribution in [0.15, 0.2) is 24.3 Å². The summed E-state index contributed by atoms with van der Waals surface area (Å²) in [6.45, 7) is 1.86. The minimum absolute atomic E-state index is 0.186. The molecule has 0 heterocycles. The quantitative estimate of drug-likeness (QED) is 0.691. The van der Waals surface area contributed by atoms with Crippen LogP contribution in [0.5, 0.6) is 5.75 Å². The molecule has 0 amide bonds. The van der Waals surface area contributed by atoms with Gasteiger partial charge in [0, 0.05) is 0 Å². The van der Waals surface area contributed by atoms with Crippen molar-refractivity contribution in [2.24, 2.45) is 0 Å². The van der Waals surface area contributed by atoms with E-state index in [0.717, 1.165) is 9.59 Å². The van der Waals surface area contributed by atoms with E-state index in [1.54, 1.807) is 24.3 Å². The number of nitrogens with one attached hydrogen (secondary N) is 1. The Labute approximate surface area is 105 Å². The first-order chi connectivity index (χ1) is 7.49. The second-order valence-corrected chi connectivity index (χ2v) is 5.66. The van der Waals surface area contributed by atoms with Crippen molar-refractivity contribution in [3.63, 3.8) is 0 Å². The molecule has 16 heavy (non-hydrogen) atoms. The molecule has 0 radical (unpaired) electrons. The van der Waals surface area contributed by atoms with Crippen LogP contribution >= 0.6 is 0 Å². The normalized spacial score (nSPS) is 12.1. The molecular weight excluding hydrogens is 378 g/mol. The van der Waals surface area contributed by atoms with E-state index in [-0.39, 0.29) is 5.75 Å². The predicted octanol–water partition coefficient (Wildman–Crippen LogP) is 0.674. The summed E-state index contributed by atoms with van der Waals surface area (Å²) in [5, 5.41) is 21.1. The van der Waals surface area contributed by atoms with Gasteiger partial charge in [-0.3, -0.25) is 0 Å². The van der Waals surface area contributed by atoms with Crippen LogP contribution in [-0.2, 0) is 30.6 Å². The molecule has 1 atom stereocenters. The Morgan fingerprint density at radius 1 is 1.44 bits per heavy atom. The van der Waals surface area contributed by atoms with Crippen LogP contribution in [0.2, 0.25) is 0 Å². The second kappa shape index (κ2) is 5.92. The van der Waals surface area contributed by atoms with Gasteiger partial charge in [0.25, 0.3) is 0 Å². The van der Waals surface area contributed by atoms with Crippen LogP contribution in [0.3, 0.4) is 0 Å². The van der Waals surface area contributed by atoms with E-state index in [2.05, 4.69) is 5.32 Å². The zero-order chi connectivity index (χ0) is 12.1. The summed E-state index contributed by atoms with van der Waals surface area (Å²) >= 11 is 1.23. The molecule has 1 aromatic rings. The van der Waals surface area contributed by atoms with Gasteiger partial charge in [-0.1, -0.05) is 0 Å². The van der Waals surface area contributed by atoms with Gasteiger partial charge in [-0.25, -0.2) is 0 Å². The SMILES string of the molecule is C[C](=[W])NC(Cc1ccc(O)cc1)C(=O)O. The van der Waals surface area contributed by atoms with Crippen molar-refractivity contribution >= 4 is 9.99 Å². The number of carboxylic acid groups (broad SMARTS) is 1. The van der Waals surface area contributed by atoms with Crippen LogP contribution < -0.4 is 5.32 Å². The number of phenols is 1. The molecule has 86 valence electrons. The number of aliphatic carboxylic acids is 1. The van der Waals surface area contributed by atoms with Crippen LogP contribution in [0.25, 0.3) is 0 Å². The average Bonchev–Trinajstić information content (AvgIpc) is 2.19. The molecule has 0 aliphatic carbocycles. The van der Waals surface area contributed by atoms with E-state index in [0.29, 0.717) is 6.42 Å². The number of rotatable bonds is 5. The Morgan fingerprint density at radius 2 is 2.00 bits per heavy atom. The number of phenolic OH excluding ortho intramolecular Hbond substituents is 1. The first-order valence-corrected chi connectivity index (χ1v) is 6.23. The molecular formula is C11H13NO3W. The number of carboxylic acids is 1. The molecule has 1 rings (SSSR count). The summed E-state index contributed by atoms with van der Waals surface area (Å²) < 4.78 is 0.950. The molecule has 5 heteroatoms. The van der Waals surface area contributed by atoms with E-state index >= 15 is 0 Å². The molecule has 0 aliphatic heterocycles. The number of benzene rings is 1. The summed E-state index contributed by atoms with van der Waals surface area (Å²) in [4.78, 5) is 11.0. The van der Waals surface area contributed by atoms with Crippen molar-refractivity contribution in [3.05, 3.63) is 29.8 Å². The van der Waals surface area contributed by atoms with Gasteiger partial charge in [0.05, 0.1) is 0 Å². The number of hydrogen-bond donors (Lipinski definition) is 3. The fourth-order valence-electron chi connectivity index (χ4n) is 1.31. The van der Waals surface area contributed by atoms with Crippen LogP contribution in [0, 0.1) is 0 Å². The maximum absolute atomic E-state index is 11.0. The molecule has 0 aromatic heterocycles. The van der Waals surface area contributed by atoms with Gasteiger partial charge in [-0.2, -0.15) is 0 Å². The van der Waals surface area contributed by atoms with E-state index in [1.165, 1.54) is 19.4 Å².